The normalized spacial score (nSPS) is 11.2. The molecular weight excluding hydrogens is 365 g/mol. The van der Waals surface area contributed by atoms with Crippen molar-refractivity contribution in [2.75, 3.05) is 5.73 Å². The van der Waals surface area contributed by atoms with E-state index in [0.717, 1.165) is 39.0 Å². The van der Waals surface area contributed by atoms with Crippen LogP contribution in [0.3, 0.4) is 0 Å². The molecule has 29 heavy (non-hydrogen) atoms. The maximum atomic E-state index is 13.3. The highest BCUT2D eigenvalue weighted by Crippen LogP contribution is 2.29. The number of halogens is 1. The van der Waals surface area contributed by atoms with Gasteiger partial charge in [0.2, 0.25) is 0 Å². The van der Waals surface area contributed by atoms with E-state index in [-0.39, 0.29) is 5.82 Å². The Morgan fingerprint density at radius 2 is 1.66 bits per heavy atom. The number of hydrogen-bond acceptors (Lipinski definition) is 3. The topological polar surface area (TPSA) is 61.7 Å². The van der Waals surface area contributed by atoms with Crippen LogP contribution in [0.2, 0.25) is 0 Å². The molecule has 0 bridgehead atoms. The lowest BCUT2D eigenvalue weighted by Crippen LogP contribution is -1.96. The first-order chi connectivity index (χ1) is 14.1. The van der Waals surface area contributed by atoms with Crippen LogP contribution < -0.4 is 5.73 Å². The second-order valence-electron chi connectivity index (χ2n) is 7.04. The molecule has 6 heteroatoms. The molecule has 5 aromatic rings. The molecule has 0 fully saturated rings. The Bertz CT molecular complexity index is 1330. The lowest BCUT2D eigenvalue weighted by atomic mass is 10.0. The second-order valence-corrected chi connectivity index (χ2v) is 7.04. The van der Waals surface area contributed by atoms with E-state index in [9.17, 15) is 4.39 Å². The van der Waals surface area contributed by atoms with Crippen molar-refractivity contribution in [2.45, 2.75) is 0 Å². The third kappa shape index (κ3) is 3.14. The third-order valence-corrected chi connectivity index (χ3v) is 4.98. The number of anilines is 1. The van der Waals surface area contributed by atoms with Crippen molar-refractivity contribution in [2.24, 2.45) is 7.05 Å². The van der Waals surface area contributed by atoms with Gasteiger partial charge in [0.1, 0.15) is 12.1 Å². The average Bonchev–Trinajstić information content (AvgIpc) is 3.33. The molecule has 0 spiro atoms. The van der Waals surface area contributed by atoms with Crippen LogP contribution in [0.25, 0.3) is 39.0 Å². The highest BCUT2D eigenvalue weighted by atomic mass is 19.1. The van der Waals surface area contributed by atoms with E-state index < -0.39 is 0 Å². The van der Waals surface area contributed by atoms with Crippen LogP contribution in [0.5, 0.6) is 0 Å². The fourth-order valence-corrected chi connectivity index (χ4v) is 3.55. The first-order valence-corrected chi connectivity index (χ1v) is 9.20. The Labute approximate surface area is 166 Å². The SMILES string of the molecule is Cn1cc(-c2ccc3c(c2)ncn3-c2cc(N)cc(-c3ccc(F)cc3)c2)cn1. The molecule has 0 saturated carbocycles. The molecule has 0 radical (unpaired) electrons. The van der Waals surface area contributed by atoms with Gasteiger partial charge >= 0.3 is 0 Å². The van der Waals surface area contributed by atoms with Crippen LogP contribution in [0.1, 0.15) is 0 Å². The van der Waals surface area contributed by atoms with Gasteiger partial charge in [0.25, 0.3) is 0 Å². The summed E-state index contributed by atoms with van der Waals surface area (Å²) in [5.41, 5.74) is 13.5. The van der Waals surface area contributed by atoms with Gasteiger partial charge in [0, 0.05) is 30.2 Å². The fraction of sp³-hybridized carbons (Fsp3) is 0.0435. The summed E-state index contributed by atoms with van der Waals surface area (Å²) in [6.45, 7) is 0. The highest BCUT2D eigenvalue weighted by molar-refractivity contribution is 5.84. The number of benzene rings is 3. The Morgan fingerprint density at radius 1 is 0.862 bits per heavy atom. The van der Waals surface area contributed by atoms with Crippen LogP contribution in [0, 0.1) is 5.82 Å². The fourth-order valence-electron chi connectivity index (χ4n) is 3.55. The minimum Gasteiger partial charge on any atom is -0.399 e. The van der Waals surface area contributed by atoms with E-state index in [0.29, 0.717) is 5.69 Å². The van der Waals surface area contributed by atoms with Crippen molar-refractivity contribution in [3.63, 3.8) is 0 Å². The minimum atomic E-state index is -0.261. The molecule has 2 N–H and O–H groups in total. The van der Waals surface area contributed by atoms with Gasteiger partial charge in [-0.2, -0.15) is 5.10 Å². The Balaban J connectivity index is 1.59. The molecule has 3 aromatic carbocycles. The second kappa shape index (κ2) is 6.60. The van der Waals surface area contributed by atoms with Gasteiger partial charge < -0.3 is 5.73 Å². The molecule has 0 aliphatic heterocycles. The van der Waals surface area contributed by atoms with Crippen LogP contribution in [0.15, 0.2) is 79.4 Å². The zero-order chi connectivity index (χ0) is 20.0. The van der Waals surface area contributed by atoms with E-state index in [1.54, 1.807) is 23.1 Å². The zero-order valence-corrected chi connectivity index (χ0v) is 15.7. The summed E-state index contributed by atoms with van der Waals surface area (Å²) in [6.07, 6.45) is 5.61. The van der Waals surface area contributed by atoms with Gasteiger partial charge in [-0.1, -0.05) is 18.2 Å². The van der Waals surface area contributed by atoms with Gasteiger partial charge in [-0.05, 0) is 59.2 Å². The number of rotatable bonds is 3. The third-order valence-electron chi connectivity index (χ3n) is 4.98. The van der Waals surface area contributed by atoms with Crippen LogP contribution in [-0.4, -0.2) is 19.3 Å². The summed E-state index contributed by atoms with van der Waals surface area (Å²) >= 11 is 0. The molecule has 2 heterocycles. The zero-order valence-electron chi connectivity index (χ0n) is 15.7. The Kier molecular flexibility index (Phi) is 3.91. The van der Waals surface area contributed by atoms with E-state index in [2.05, 4.69) is 22.2 Å². The molecule has 0 amide bonds. The van der Waals surface area contributed by atoms with Crippen LogP contribution >= 0.6 is 0 Å². The maximum absolute atomic E-state index is 13.3. The van der Waals surface area contributed by atoms with Gasteiger partial charge in [-0.15, -0.1) is 0 Å². The largest absolute Gasteiger partial charge is 0.399 e. The van der Waals surface area contributed by atoms with Gasteiger partial charge in [0.15, 0.2) is 0 Å². The number of nitrogen functional groups attached to an aromatic ring is 1. The van der Waals surface area contributed by atoms with Crippen molar-refractivity contribution < 1.29 is 4.39 Å². The summed E-state index contributed by atoms with van der Waals surface area (Å²) in [7, 11) is 1.90. The lowest BCUT2D eigenvalue weighted by molar-refractivity contribution is 0.628. The number of aryl methyl sites for hydroxylation is 1. The molecular formula is C23H18FN5. The summed E-state index contributed by atoms with van der Waals surface area (Å²) in [6, 6.07) is 18.4. The van der Waals surface area contributed by atoms with Crippen LogP contribution in [-0.2, 0) is 7.05 Å². The molecule has 2 aromatic heterocycles. The maximum Gasteiger partial charge on any atom is 0.123 e. The molecule has 142 valence electrons. The van der Waals surface area contributed by atoms with E-state index in [4.69, 9.17) is 5.73 Å². The first kappa shape index (κ1) is 17.2. The molecule has 0 aliphatic rings. The summed E-state index contributed by atoms with van der Waals surface area (Å²) in [5, 5.41) is 4.23. The number of fused-ring (bicyclic) bond motifs is 1. The van der Waals surface area contributed by atoms with Gasteiger partial charge in [-0.25, -0.2) is 9.37 Å². The lowest BCUT2D eigenvalue weighted by Gasteiger charge is -2.10. The van der Waals surface area contributed by atoms with Gasteiger partial charge in [0.05, 0.1) is 17.2 Å². The van der Waals surface area contributed by atoms with Crippen molar-refractivity contribution >= 4 is 16.7 Å². The first-order valence-electron chi connectivity index (χ1n) is 9.20. The minimum absolute atomic E-state index is 0.261. The molecule has 0 saturated heterocycles. The Morgan fingerprint density at radius 3 is 2.41 bits per heavy atom. The number of aromatic nitrogens is 4. The standard InChI is InChI=1S/C23H18FN5/c1-28-13-18(12-27-28)16-4-7-23-22(10-16)26-14-29(23)21-9-17(8-20(25)11-21)15-2-5-19(24)6-3-15/h2-14H,25H2,1H3. The molecule has 5 rings (SSSR count). The van der Waals surface area contributed by atoms with E-state index in [1.165, 1.54) is 12.1 Å². The molecule has 0 unspecified atom stereocenters. The van der Waals surface area contributed by atoms with Crippen LogP contribution in [0.4, 0.5) is 10.1 Å². The van der Waals surface area contributed by atoms with Gasteiger partial charge in [-0.3, -0.25) is 9.25 Å². The number of hydrogen-bond donors (Lipinski definition) is 1. The molecule has 5 nitrogen and oxygen atoms in total. The van der Waals surface area contributed by atoms with E-state index >= 15 is 0 Å². The number of imidazole rings is 1. The Hall–Kier alpha value is -3.93. The highest BCUT2D eigenvalue weighted by Gasteiger charge is 2.10. The molecule has 0 aliphatic carbocycles. The van der Waals surface area contributed by atoms with E-state index in [1.807, 2.05) is 48.3 Å². The number of nitrogens with zero attached hydrogens (tertiary/aromatic N) is 4. The molecule has 0 atom stereocenters. The number of nitrogens with two attached hydrogens (primary N) is 1. The van der Waals surface area contributed by atoms with Crippen molar-refractivity contribution in [1.29, 1.82) is 0 Å². The van der Waals surface area contributed by atoms with Crippen molar-refractivity contribution in [1.82, 2.24) is 19.3 Å². The summed E-state index contributed by atoms with van der Waals surface area (Å²) < 4.78 is 17.1. The summed E-state index contributed by atoms with van der Waals surface area (Å²) in [5.74, 6) is -0.261. The average molecular weight is 383 g/mol. The predicted octanol–water partition coefficient (Wildman–Crippen LogP) is 4.81. The smallest absolute Gasteiger partial charge is 0.123 e. The quantitative estimate of drug-likeness (QED) is 0.455. The predicted molar refractivity (Wildman–Crippen MR) is 113 cm³/mol. The summed E-state index contributed by atoms with van der Waals surface area (Å²) in [4.78, 5) is 4.58. The van der Waals surface area contributed by atoms with Crippen molar-refractivity contribution in [3.05, 3.63) is 85.2 Å². The monoisotopic (exact) mass is 383 g/mol. The van der Waals surface area contributed by atoms with Crippen molar-refractivity contribution in [3.8, 4) is 27.9 Å².